The van der Waals surface area contributed by atoms with Crippen molar-refractivity contribution in [2.24, 2.45) is 0 Å². The van der Waals surface area contributed by atoms with Crippen molar-refractivity contribution in [2.45, 2.75) is 26.2 Å². The first-order chi connectivity index (χ1) is 8.28. The highest BCUT2D eigenvalue weighted by molar-refractivity contribution is 5.32. The first-order valence-corrected chi connectivity index (χ1v) is 6.34. The van der Waals surface area contributed by atoms with Gasteiger partial charge in [-0.3, -0.25) is 4.79 Å². The van der Waals surface area contributed by atoms with Gasteiger partial charge in [-0.05, 0) is 25.9 Å². The molecule has 5 nitrogen and oxygen atoms in total. The van der Waals surface area contributed by atoms with Gasteiger partial charge in [-0.1, -0.05) is 6.92 Å². The second kappa shape index (κ2) is 5.82. The molecule has 1 aliphatic rings. The van der Waals surface area contributed by atoms with E-state index in [0.717, 1.165) is 25.3 Å². The third kappa shape index (κ3) is 3.56. The third-order valence-corrected chi connectivity index (χ3v) is 3.06. The Balaban J connectivity index is 1.85. The molecule has 1 fully saturated rings. The van der Waals surface area contributed by atoms with Gasteiger partial charge in [-0.2, -0.15) is 0 Å². The van der Waals surface area contributed by atoms with E-state index < -0.39 is 0 Å². The molecule has 0 aliphatic carbocycles. The van der Waals surface area contributed by atoms with E-state index in [2.05, 4.69) is 20.2 Å². The predicted molar refractivity (Wildman–Crippen MR) is 68.4 cm³/mol. The molecule has 0 atom stereocenters. The fraction of sp³-hybridized carbons (Fsp3) is 0.667. The Labute approximate surface area is 101 Å². The van der Waals surface area contributed by atoms with Crippen LogP contribution in [0.25, 0.3) is 0 Å². The molecule has 17 heavy (non-hydrogen) atoms. The van der Waals surface area contributed by atoms with E-state index >= 15 is 0 Å². The topological polar surface area (TPSA) is 61.0 Å². The zero-order valence-electron chi connectivity index (χ0n) is 10.3. The van der Waals surface area contributed by atoms with E-state index in [1.807, 2.05) is 6.92 Å². The lowest BCUT2D eigenvalue weighted by Gasteiger charge is -2.14. The van der Waals surface area contributed by atoms with Gasteiger partial charge < -0.3 is 15.2 Å². The first kappa shape index (κ1) is 12.1. The highest BCUT2D eigenvalue weighted by atomic mass is 16.1. The number of H-pyrrole nitrogens is 1. The van der Waals surface area contributed by atoms with E-state index in [0.29, 0.717) is 5.82 Å². The number of anilines is 1. The minimum Gasteiger partial charge on any atom is -0.369 e. The van der Waals surface area contributed by atoms with Crippen LogP contribution in [-0.2, 0) is 6.42 Å². The molecule has 0 bridgehead atoms. The Morgan fingerprint density at radius 1 is 1.47 bits per heavy atom. The maximum atomic E-state index is 11.3. The molecule has 94 valence electrons. The summed E-state index contributed by atoms with van der Waals surface area (Å²) in [6.45, 7) is 6.25. The Morgan fingerprint density at radius 2 is 2.24 bits per heavy atom. The highest BCUT2D eigenvalue weighted by Crippen LogP contribution is 2.06. The fourth-order valence-corrected chi connectivity index (χ4v) is 2.11. The van der Waals surface area contributed by atoms with E-state index in [4.69, 9.17) is 0 Å². The van der Waals surface area contributed by atoms with Gasteiger partial charge >= 0.3 is 0 Å². The van der Waals surface area contributed by atoms with E-state index in [9.17, 15) is 4.79 Å². The summed E-state index contributed by atoms with van der Waals surface area (Å²) in [5.41, 5.74) is -0.0828. The van der Waals surface area contributed by atoms with Crippen LogP contribution in [0.4, 0.5) is 5.82 Å². The lowest BCUT2D eigenvalue weighted by atomic mass is 10.4. The Kier molecular flexibility index (Phi) is 4.14. The number of hydrogen-bond donors (Lipinski definition) is 2. The second-order valence-corrected chi connectivity index (χ2v) is 4.41. The zero-order valence-corrected chi connectivity index (χ0v) is 10.3. The van der Waals surface area contributed by atoms with Gasteiger partial charge in [0, 0.05) is 25.6 Å². The quantitative estimate of drug-likeness (QED) is 0.795. The van der Waals surface area contributed by atoms with Crippen molar-refractivity contribution in [3.8, 4) is 0 Å². The molecule has 0 saturated carbocycles. The van der Waals surface area contributed by atoms with E-state index in [-0.39, 0.29) is 5.56 Å². The molecular formula is C12H20N4O. The number of aromatic amines is 1. The van der Waals surface area contributed by atoms with E-state index in [1.165, 1.54) is 32.0 Å². The van der Waals surface area contributed by atoms with Crippen LogP contribution in [0.15, 0.2) is 10.9 Å². The fourth-order valence-electron chi connectivity index (χ4n) is 2.11. The molecule has 2 heterocycles. The highest BCUT2D eigenvalue weighted by Gasteiger charge is 2.10. The minimum absolute atomic E-state index is 0.0828. The monoisotopic (exact) mass is 236 g/mol. The molecular weight excluding hydrogens is 216 g/mol. The maximum absolute atomic E-state index is 11.3. The van der Waals surface area contributed by atoms with Gasteiger partial charge in [0.2, 0.25) is 0 Å². The zero-order chi connectivity index (χ0) is 12.1. The van der Waals surface area contributed by atoms with Gasteiger partial charge in [0.25, 0.3) is 5.56 Å². The van der Waals surface area contributed by atoms with Crippen molar-refractivity contribution in [3.63, 3.8) is 0 Å². The molecule has 1 aromatic heterocycles. The normalized spacial score (nSPS) is 16.3. The van der Waals surface area contributed by atoms with Crippen molar-refractivity contribution >= 4 is 5.82 Å². The summed E-state index contributed by atoms with van der Waals surface area (Å²) < 4.78 is 0. The van der Waals surface area contributed by atoms with Gasteiger partial charge in [0.05, 0.1) is 0 Å². The Bertz CT molecular complexity index is 409. The van der Waals surface area contributed by atoms with Crippen LogP contribution in [0.2, 0.25) is 0 Å². The van der Waals surface area contributed by atoms with Gasteiger partial charge in [-0.15, -0.1) is 0 Å². The summed E-state index contributed by atoms with van der Waals surface area (Å²) in [4.78, 5) is 20.8. The standard InChI is InChI=1S/C12H20N4O/c1-2-10-14-11(9-12(17)15-10)13-5-8-16-6-3-4-7-16/h9H,2-8H2,1H3,(H2,13,14,15,17). The van der Waals surface area contributed by atoms with E-state index in [1.54, 1.807) is 0 Å². The summed E-state index contributed by atoms with van der Waals surface area (Å²) in [6, 6.07) is 1.52. The van der Waals surface area contributed by atoms with Crippen LogP contribution in [0, 0.1) is 0 Å². The number of aryl methyl sites for hydroxylation is 1. The number of nitrogens with zero attached hydrogens (tertiary/aromatic N) is 2. The van der Waals surface area contributed by atoms with Gasteiger partial charge in [0.1, 0.15) is 11.6 Å². The molecule has 0 radical (unpaired) electrons. The summed E-state index contributed by atoms with van der Waals surface area (Å²) >= 11 is 0. The van der Waals surface area contributed by atoms with Crippen LogP contribution in [0.1, 0.15) is 25.6 Å². The minimum atomic E-state index is -0.0828. The van der Waals surface area contributed by atoms with Crippen LogP contribution in [0.5, 0.6) is 0 Å². The van der Waals surface area contributed by atoms with Gasteiger partial charge in [0.15, 0.2) is 0 Å². The maximum Gasteiger partial charge on any atom is 0.252 e. The lowest BCUT2D eigenvalue weighted by Crippen LogP contribution is -2.26. The van der Waals surface area contributed by atoms with Crippen LogP contribution in [-0.4, -0.2) is 41.0 Å². The molecule has 1 aromatic rings. The first-order valence-electron chi connectivity index (χ1n) is 6.34. The average molecular weight is 236 g/mol. The van der Waals surface area contributed by atoms with Crippen molar-refractivity contribution in [2.75, 3.05) is 31.5 Å². The summed E-state index contributed by atoms with van der Waals surface area (Å²) in [6.07, 6.45) is 3.36. The summed E-state index contributed by atoms with van der Waals surface area (Å²) in [5, 5.41) is 3.21. The average Bonchev–Trinajstić information content (AvgIpc) is 2.81. The lowest BCUT2D eigenvalue weighted by molar-refractivity contribution is 0.352. The van der Waals surface area contributed by atoms with Crippen LogP contribution < -0.4 is 10.9 Å². The largest absolute Gasteiger partial charge is 0.369 e. The molecule has 1 aliphatic heterocycles. The number of aromatic nitrogens is 2. The smallest absolute Gasteiger partial charge is 0.252 e. The molecule has 2 rings (SSSR count). The molecule has 0 spiro atoms. The van der Waals surface area contributed by atoms with Crippen LogP contribution in [0.3, 0.4) is 0 Å². The predicted octanol–water partition coefficient (Wildman–Crippen LogP) is 0.840. The SMILES string of the molecule is CCc1nc(NCCN2CCCC2)cc(=O)[nH]1. The second-order valence-electron chi connectivity index (χ2n) is 4.41. The van der Waals surface area contributed by atoms with Gasteiger partial charge in [-0.25, -0.2) is 4.98 Å². The Morgan fingerprint density at radius 3 is 2.94 bits per heavy atom. The number of rotatable bonds is 5. The number of likely N-dealkylation sites (tertiary alicyclic amines) is 1. The summed E-state index contributed by atoms with van der Waals surface area (Å²) in [7, 11) is 0. The van der Waals surface area contributed by atoms with Crippen molar-refractivity contribution in [1.29, 1.82) is 0 Å². The third-order valence-electron chi connectivity index (χ3n) is 3.06. The number of hydrogen-bond acceptors (Lipinski definition) is 4. The van der Waals surface area contributed by atoms with Crippen LogP contribution >= 0.6 is 0 Å². The molecule has 0 amide bonds. The van der Waals surface area contributed by atoms with Crippen molar-refractivity contribution in [3.05, 3.63) is 22.2 Å². The Hall–Kier alpha value is -1.36. The molecule has 2 N–H and O–H groups in total. The molecule has 0 unspecified atom stereocenters. The van der Waals surface area contributed by atoms with Crippen molar-refractivity contribution in [1.82, 2.24) is 14.9 Å². The van der Waals surface area contributed by atoms with Crippen molar-refractivity contribution < 1.29 is 0 Å². The molecule has 5 heteroatoms. The summed E-state index contributed by atoms with van der Waals surface area (Å²) in [5.74, 6) is 1.42. The molecule has 0 aromatic carbocycles. The molecule has 1 saturated heterocycles. The number of nitrogens with one attached hydrogen (secondary N) is 2.